The Balaban J connectivity index is 1.51. The number of benzene rings is 1. The standard InChI is InChI=1S/C25H34FN7O2Si/c1-16(15-35-36(5,6)25(2,3)4)33-23(30-31-32-33)21-8-7-9-22(28-21)29-24(34)19-12-18-14-27-11-10-17(18)13-20(19)26/h7-9,12-13,16,27H,10-11,14-15H2,1-6H3,(H,28,29,34). The van der Waals surface area contributed by atoms with Crippen molar-refractivity contribution in [3.05, 3.63) is 52.8 Å². The van der Waals surface area contributed by atoms with Crippen LogP contribution in [0.3, 0.4) is 0 Å². The summed E-state index contributed by atoms with van der Waals surface area (Å²) in [6.45, 7) is 14.9. The number of hydrogen-bond donors (Lipinski definition) is 2. The van der Waals surface area contributed by atoms with E-state index in [0.29, 0.717) is 24.7 Å². The highest BCUT2D eigenvalue weighted by Crippen LogP contribution is 2.37. The number of amides is 1. The topological polar surface area (TPSA) is 107 Å². The number of rotatable bonds is 7. The molecule has 11 heteroatoms. The first kappa shape index (κ1) is 26.1. The van der Waals surface area contributed by atoms with E-state index in [-0.39, 0.29) is 22.5 Å². The van der Waals surface area contributed by atoms with E-state index < -0.39 is 20.0 Å². The lowest BCUT2D eigenvalue weighted by molar-refractivity contribution is 0.102. The first-order valence-electron chi connectivity index (χ1n) is 12.2. The van der Waals surface area contributed by atoms with E-state index in [1.54, 1.807) is 28.9 Å². The molecule has 1 atom stereocenters. The van der Waals surface area contributed by atoms with Crippen LogP contribution in [0, 0.1) is 5.82 Å². The second-order valence-corrected chi connectivity index (χ2v) is 15.6. The third kappa shape index (κ3) is 5.53. The second kappa shape index (κ2) is 10.2. The molecule has 1 amide bonds. The lowest BCUT2D eigenvalue weighted by atomic mass is 9.98. The van der Waals surface area contributed by atoms with Gasteiger partial charge in [-0.15, -0.1) is 5.10 Å². The molecule has 0 bridgehead atoms. The molecule has 4 rings (SSSR count). The van der Waals surface area contributed by atoms with Gasteiger partial charge in [0.25, 0.3) is 5.91 Å². The van der Waals surface area contributed by atoms with Gasteiger partial charge in [0, 0.05) is 6.54 Å². The van der Waals surface area contributed by atoms with Crippen LogP contribution in [0.25, 0.3) is 11.5 Å². The van der Waals surface area contributed by atoms with Crippen molar-refractivity contribution in [2.45, 2.75) is 64.8 Å². The number of anilines is 1. The maximum atomic E-state index is 14.7. The SMILES string of the molecule is CC(CO[Si](C)(C)C(C)(C)C)n1nnnc1-c1cccc(NC(=O)c2cc3c(cc2F)CCNC3)n1. The van der Waals surface area contributed by atoms with Gasteiger partial charge in [-0.05, 0) is 83.8 Å². The minimum Gasteiger partial charge on any atom is -0.415 e. The number of nitrogens with zero attached hydrogens (tertiary/aromatic N) is 5. The number of halogens is 1. The third-order valence-electron chi connectivity index (χ3n) is 7.04. The van der Waals surface area contributed by atoms with Crippen LogP contribution in [0.5, 0.6) is 0 Å². The Morgan fingerprint density at radius 1 is 1.28 bits per heavy atom. The molecule has 2 N–H and O–H groups in total. The van der Waals surface area contributed by atoms with E-state index in [1.807, 2.05) is 6.92 Å². The Kier molecular flexibility index (Phi) is 7.35. The van der Waals surface area contributed by atoms with Crippen molar-refractivity contribution < 1.29 is 13.6 Å². The molecule has 2 aromatic heterocycles. The summed E-state index contributed by atoms with van der Waals surface area (Å²) in [5.41, 5.74) is 2.35. The smallest absolute Gasteiger partial charge is 0.259 e. The molecule has 1 aromatic carbocycles. The van der Waals surface area contributed by atoms with Crippen LogP contribution in [0.2, 0.25) is 18.1 Å². The van der Waals surface area contributed by atoms with Crippen molar-refractivity contribution in [2.75, 3.05) is 18.5 Å². The quantitative estimate of drug-likeness (QED) is 0.454. The van der Waals surface area contributed by atoms with Gasteiger partial charge in [0.2, 0.25) is 5.82 Å². The molecule has 9 nitrogen and oxygen atoms in total. The van der Waals surface area contributed by atoms with Crippen LogP contribution in [-0.2, 0) is 17.4 Å². The maximum absolute atomic E-state index is 14.7. The molecule has 192 valence electrons. The summed E-state index contributed by atoms with van der Waals surface area (Å²) < 4.78 is 22.7. The first-order chi connectivity index (χ1) is 17.0. The van der Waals surface area contributed by atoms with Gasteiger partial charge in [-0.25, -0.2) is 14.1 Å². The van der Waals surface area contributed by atoms with Gasteiger partial charge >= 0.3 is 0 Å². The van der Waals surface area contributed by atoms with Crippen molar-refractivity contribution in [3.8, 4) is 11.5 Å². The Hall–Kier alpha value is -3.02. The summed E-state index contributed by atoms with van der Waals surface area (Å²) in [5.74, 6) is -0.346. The predicted molar refractivity (Wildman–Crippen MR) is 139 cm³/mol. The van der Waals surface area contributed by atoms with Crippen molar-refractivity contribution in [1.29, 1.82) is 0 Å². The Morgan fingerprint density at radius 3 is 2.81 bits per heavy atom. The number of pyridine rings is 1. The highest BCUT2D eigenvalue weighted by atomic mass is 28.4. The van der Waals surface area contributed by atoms with E-state index in [9.17, 15) is 9.18 Å². The third-order valence-corrected chi connectivity index (χ3v) is 11.5. The Labute approximate surface area is 212 Å². The fraction of sp³-hybridized carbons (Fsp3) is 0.480. The molecule has 1 aliphatic heterocycles. The molecule has 0 aliphatic carbocycles. The molecule has 36 heavy (non-hydrogen) atoms. The molecule has 1 aliphatic rings. The van der Waals surface area contributed by atoms with Crippen LogP contribution < -0.4 is 10.6 Å². The van der Waals surface area contributed by atoms with Crippen molar-refractivity contribution >= 4 is 20.0 Å². The van der Waals surface area contributed by atoms with Gasteiger partial charge in [-0.3, -0.25) is 4.79 Å². The average Bonchev–Trinajstić information content (AvgIpc) is 3.32. The lowest BCUT2D eigenvalue weighted by Gasteiger charge is -2.36. The summed E-state index contributed by atoms with van der Waals surface area (Å²) >= 11 is 0. The molecular weight excluding hydrogens is 477 g/mol. The van der Waals surface area contributed by atoms with Crippen molar-refractivity contribution in [2.24, 2.45) is 0 Å². The van der Waals surface area contributed by atoms with Crippen LogP contribution >= 0.6 is 0 Å². The monoisotopic (exact) mass is 511 g/mol. The molecule has 0 fully saturated rings. The second-order valence-electron chi connectivity index (χ2n) is 10.8. The highest BCUT2D eigenvalue weighted by molar-refractivity contribution is 6.74. The fourth-order valence-corrected chi connectivity index (χ4v) is 4.86. The summed E-state index contributed by atoms with van der Waals surface area (Å²) in [7, 11) is -1.93. The van der Waals surface area contributed by atoms with E-state index in [2.05, 4.69) is 65.0 Å². The number of nitrogens with one attached hydrogen (secondary N) is 2. The highest BCUT2D eigenvalue weighted by Gasteiger charge is 2.37. The molecule has 3 aromatic rings. The molecule has 0 saturated heterocycles. The fourth-order valence-electron chi connectivity index (χ4n) is 3.76. The lowest BCUT2D eigenvalue weighted by Crippen LogP contribution is -2.42. The summed E-state index contributed by atoms with van der Waals surface area (Å²) in [5, 5.41) is 18.2. The van der Waals surface area contributed by atoms with Gasteiger partial charge in [-0.1, -0.05) is 26.8 Å². The average molecular weight is 512 g/mol. The normalized spacial score (nSPS) is 14.9. The number of aromatic nitrogens is 5. The molecule has 1 unspecified atom stereocenters. The van der Waals surface area contributed by atoms with Gasteiger partial charge in [0.15, 0.2) is 8.32 Å². The molecule has 3 heterocycles. The Morgan fingerprint density at radius 2 is 2.06 bits per heavy atom. The number of tetrazole rings is 1. The zero-order chi connectivity index (χ0) is 26.1. The minimum atomic E-state index is -1.93. The van der Waals surface area contributed by atoms with Crippen molar-refractivity contribution in [3.63, 3.8) is 0 Å². The molecule has 0 spiro atoms. The van der Waals surface area contributed by atoms with E-state index in [4.69, 9.17) is 4.43 Å². The first-order valence-corrected chi connectivity index (χ1v) is 15.1. The Bertz CT molecular complexity index is 1260. The van der Waals surface area contributed by atoms with E-state index in [1.165, 1.54) is 6.07 Å². The van der Waals surface area contributed by atoms with Crippen LogP contribution in [-0.4, -0.2) is 52.6 Å². The summed E-state index contributed by atoms with van der Waals surface area (Å²) in [6.07, 6.45) is 0.742. The zero-order valence-corrected chi connectivity index (χ0v) is 22.7. The number of carbonyl (C=O) groups is 1. The molecule has 0 radical (unpaired) electrons. The van der Waals surface area contributed by atoms with Crippen LogP contribution in [0.4, 0.5) is 10.2 Å². The number of carbonyl (C=O) groups excluding carboxylic acids is 1. The zero-order valence-electron chi connectivity index (χ0n) is 21.7. The largest absolute Gasteiger partial charge is 0.415 e. The van der Waals surface area contributed by atoms with Crippen molar-refractivity contribution in [1.82, 2.24) is 30.5 Å². The van der Waals surface area contributed by atoms with Crippen LogP contribution in [0.15, 0.2) is 30.3 Å². The van der Waals surface area contributed by atoms with E-state index in [0.717, 1.165) is 24.1 Å². The maximum Gasteiger partial charge on any atom is 0.259 e. The molecular formula is C25H34FN7O2Si. The summed E-state index contributed by atoms with van der Waals surface area (Å²) in [4.78, 5) is 17.4. The van der Waals surface area contributed by atoms with Gasteiger partial charge in [-0.2, -0.15) is 0 Å². The number of hydrogen-bond acceptors (Lipinski definition) is 7. The summed E-state index contributed by atoms with van der Waals surface area (Å²) in [6, 6.07) is 8.11. The number of fused-ring (bicyclic) bond motifs is 1. The van der Waals surface area contributed by atoms with Crippen LogP contribution in [0.1, 0.15) is 55.2 Å². The predicted octanol–water partition coefficient (Wildman–Crippen LogP) is 4.36. The molecule has 0 saturated carbocycles. The van der Waals surface area contributed by atoms with E-state index >= 15 is 0 Å². The van der Waals surface area contributed by atoms with Gasteiger partial charge in [0.05, 0.1) is 18.2 Å². The van der Waals surface area contributed by atoms with Gasteiger partial charge in [0.1, 0.15) is 17.3 Å². The minimum absolute atomic E-state index is 0.00844. The van der Waals surface area contributed by atoms with Gasteiger partial charge < -0.3 is 15.1 Å².